The maximum absolute atomic E-state index is 12.2. The lowest BCUT2D eigenvalue weighted by molar-refractivity contribution is -0.119. The minimum atomic E-state index is -0.303. The van der Waals surface area contributed by atoms with E-state index >= 15 is 0 Å². The molecule has 1 rings (SSSR count). The fourth-order valence-electron chi connectivity index (χ4n) is 2.04. The summed E-state index contributed by atoms with van der Waals surface area (Å²) in [5.74, 6) is -0.247. The Kier molecular flexibility index (Phi) is 7.85. The van der Waals surface area contributed by atoms with E-state index in [2.05, 4.69) is 22.9 Å². The van der Waals surface area contributed by atoms with Crippen LogP contribution < -0.4 is 16.0 Å². The van der Waals surface area contributed by atoms with Gasteiger partial charge in [0.05, 0.1) is 0 Å². The zero-order valence-corrected chi connectivity index (χ0v) is 15.7. The van der Waals surface area contributed by atoms with Crippen molar-refractivity contribution >= 4 is 34.8 Å². The number of hydrogen-bond acceptors (Lipinski definition) is 3. The Morgan fingerprint density at radius 2 is 1.88 bits per heavy atom. The molecule has 0 aliphatic rings. The molecule has 0 fully saturated rings. The first kappa shape index (κ1) is 20.1. The number of rotatable bonds is 6. The summed E-state index contributed by atoms with van der Waals surface area (Å²) in [4.78, 5) is 23.9. The van der Waals surface area contributed by atoms with Gasteiger partial charge in [0.2, 0.25) is 5.91 Å². The van der Waals surface area contributed by atoms with Crippen LogP contribution in [0.15, 0.2) is 24.3 Å². The number of benzene rings is 1. The highest BCUT2D eigenvalue weighted by atomic mass is 32.1. The van der Waals surface area contributed by atoms with E-state index in [1.807, 2.05) is 20.8 Å². The van der Waals surface area contributed by atoms with Crippen molar-refractivity contribution in [3.63, 3.8) is 0 Å². The lowest BCUT2D eigenvalue weighted by Gasteiger charge is -2.20. The van der Waals surface area contributed by atoms with Crippen molar-refractivity contribution < 1.29 is 9.59 Å². The zero-order chi connectivity index (χ0) is 18.2. The molecular weight excluding hydrogens is 322 g/mol. The molecule has 5 nitrogen and oxygen atoms in total. The summed E-state index contributed by atoms with van der Waals surface area (Å²) in [5, 5.41) is 8.74. The number of hydrogen-bond donors (Lipinski definition) is 3. The van der Waals surface area contributed by atoms with Gasteiger partial charge in [-0.05, 0) is 57.6 Å². The first-order chi connectivity index (χ1) is 11.2. The predicted molar refractivity (Wildman–Crippen MR) is 102 cm³/mol. The Morgan fingerprint density at radius 1 is 1.17 bits per heavy atom. The summed E-state index contributed by atoms with van der Waals surface area (Å²) < 4.78 is 0. The summed E-state index contributed by atoms with van der Waals surface area (Å²) in [6.45, 7) is 7.87. The second kappa shape index (κ2) is 9.37. The Balaban J connectivity index is 2.59. The van der Waals surface area contributed by atoms with Crippen LogP contribution in [0.4, 0.5) is 5.69 Å². The molecule has 0 unspecified atom stereocenters. The number of anilines is 1. The molecule has 132 valence electrons. The largest absolute Gasteiger partial charge is 0.347 e. The minimum Gasteiger partial charge on any atom is -0.347 e. The smallest absolute Gasteiger partial charge is 0.251 e. The fraction of sp³-hybridized carbons (Fsp3) is 0.500. The van der Waals surface area contributed by atoms with Crippen LogP contribution in [-0.4, -0.2) is 22.5 Å². The van der Waals surface area contributed by atoms with Crippen molar-refractivity contribution in [1.82, 2.24) is 10.6 Å². The topological polar surface area (TPSA) is 70.2 Å². The van der Waals surface area contributed by atoms with E-state index in [-0.39, 0.29) is 22.5 Å². The lowest BCUT2D eigenvalue weighted by Crippen LogP contribution is -2.40. The molecule has 3 N–H and O–H groups in total. The average Bonchev–Trinajstić information content (AvgIpc) is 2.45. The second-order valence-corrected chi connectivity index (χ2v) is 7.15. The van der Waals surface area contributed by atoms with Crippen LogP contribution in [-0.2, 0) is 4.79 Å². The molecular formula is C18H27N3O2S. The number of thiocarbonyl (C=S) groups is 1. The highest BCUT2D eigenvalue weighted by Gasteiger charge is 2.15. The molecule has 0 heterocycles. The highest BCUT2D eigenvalue weighted by molar-refractivity contribution is 7.80. The number of nitrogens with one attached hydrogen (secondary N) is 3. The highest BCUT2D eigenvalue weighted by Crippen LogP contribution is 2.12. The van der Waals surface area contributed by atoms with Gasteiger partial charge in [0, 0.05) is 23.2 Å². The molecule has 1 aromatic rings. The minimum absolute atomic E-state index is 0.0948. The standard InChI is InChI=1S/C18H27N3O2S/c1-5-6-7-11-15(22)20-17(24)19-14-10-8-9-13(12-14)16(23)21-18(2,3)4/h8-10,12H,5-7,11H2,1-4H3,(H,21,23)(H2,19,20,22,24). The third kappa shape index (κ3) is 8.06. The van der Waals surface area contributed by atoms with Gasteiger partial charge in [-0.1, -0.05) is 25.8 Å². The molecule has 0 aromatic heterocycles. The molecule has 0 saturated carbocycles. The van der Waals surface area contributed by atoms with Gasteiger partial charge < -0.3 is 16.0 Å². The number of carbonyl (C=O) groups excluding carboxylic acids is 2. The molecule has 0 radical (unpaired) electrons. The average molecular weight is 350 g/mol. The van der Waals surface area contributed by atoms with Crippen LogP contribution in [0.2, 0.25) is 0 Å². The van der Waals surface area contributed by atoms with E-state index in [1.165, 1.54) is 0 Å². The van der Waals surface area contributed by atoms with Gasteiger partial charge in [0.25, 0.3) is 5.91 Å². The second-order valence-electron chi connectivity index (χ2n) is 6.74. The van der Waals surface area contributed by atoms with E-state index in [4.69, 9.17) is 12.2 Å². The Labute approximate surface area is 149 Å². The lowest BCUT2D eigenvalue weighted by atomic mass is 10.1. The van der Waals surface area contributed by atoms with Crippen LogP contribution in [0.25, 0.3) is 0 Å². The van der Waals surface area contributed by atoms with Gasteiger partial charge in [-0.2, -0.15) is 0 Å². The van der Waals surface area contributed by atoms with Gasteiger partial charge in [-0.3, -0.25) is 9.59 Å². The van der Waals surface area contributed by atoms with Crippen LogP contribution in [0.5, 0.6) is 0 Å². The van der Waals surface area contributed by atoms with E-state index in [0.29, 0.717) is 17.7 Å². The summed E-state index contributed by atoms with van der Waals surface area (Å²) >= 11 is 5.14. The molecule has 0 saturated heterocycles. The third-order valence-electron chi connectivity index (χ3n) is 3.13. The summed E-state index contributed by atoms with van der Waals surface area (Å²) in [6, 6.07) is 7.00. The molecule has 0 aliphatic carbocycles. The fourth-order valence-corrected chi connectivity index (χ4v) is 2.27. The van der Waals surface area contributed by atoms with Crippen LogP contribution >= 0.6 is 12.2 Å². The first-order valence-corrected chi connectivity index (χ1v) is 8.65. The van der Waals surface area contributed by atoms with Crippen molar-refractivity contribution in [1.29, 1.82) is 0 Å². The Hall–Kier alpha value is -1.95. The van der Waals surface area contributed by atoms with Crippen molar-refractivity contribution in [2.45, 2.75) is 58.9 Å². The van der Waals surface area contributed by atoms with Crippen LogP contribution in [0, 0.1) is 0 Å². The molecule has 1 aromatic carbocycles. The van der Waals surface area contributed by atoms with Gasteiger partial charge in [0.15, 0.2) is 5.11 Å². The van der Waals surface area contributed by atoms with Gasteiger partial charge >= 0.3 is 0 Å². The van der Waals surface area contributed by atoms with E-state index in [0.717, 1.165) is 19.3 Å². The van der Waals surface area contributed by atoms with E-state index < -0.39 is 0 Å². The zero-order valence-electron chi connectivity index (χ0n) is 14.9. The summed E-state index contributed by atoms with van der Waals surface area (Å²) in [7, 11) is 0. The Bertz CT molecular complexity index is 594. The van der Waals surface area contributed by atoms with Gasteiger partial charge in [-0.15, -0.1) is 0 Å². The molecule has 2 amide bonds. The van der Waals surface area contributed by atoms with Gasteiger partial charge in [0.1, 0.15) is 0 Å². The summed E-state index contributed by atoms with van der Waals surface area (Å²) in [5.41, 5.74) is 0.893. The molecule has 0 bridgehead atoms. The SMILES string of the molecule is CCCCCC(=O)NC(=S)Nc1cccc(C(=O)NC(C)(C)C)c1. The van der Waals surface area contributed by atoms with Crippen molar-refractivity contribution in [2.75, 3.05) is 5.32 Å². The van der Waals surface area contributed by atoms with Crippen molar-refractivity contribution in [2.24, 2.45) is 0 Å². The molecule has 24 heavy (non-hydrogen) atoms. The normalized spacial score (nSPS) is 10.8. The van der Waals surface area contributed by atoms with E-state index in [1.54, 1.807) is 24.3 Å². The summed E-state index contributed by atoms with van der Waals surface area (Å²) in [6.07, 6.45) is 3.41. The van der Waals surface area contributed by atoms with Gasteiger partial charge in [-0.25, -0.2) is 0 Å². The van der Waals surface area contributed by atoms with Crippen molar-refractivity contribution in [3.05, 3.63) is 29.8 Å². The monoisotopic (exact) mass is 349 g/mol. The number of amides is 2. The first-order valence-electron chi connectivity index (χ1n) is 8.24. The molecule has 0 aliphatic heterocycles. The van der Waals surface area contributed by atoms with Crippen LogP contribution in [0.1, 0.15) is 63.7 Å². The maximum Gasteiger partial charge on any atom is 0.251 e. The van der Waals surface area contributed by atoms with Crippen molar-refractivity contribution in [3.8, 4) is 0 Å². The Morgan fingerprint density at radius 3 is 2.50 bits per heavy atom. The molecule has 0 spiro atoms. The maximum atomic E-state index is 12.2. The predicted octanol–water partition coefficient (Wildman–Crippen LogP) is 3.61. The number of unbranched alkanes of at least 4 members (excludes halogenated alkanes) is 2. The third-order valence-corrected chi connectivity index (χ3v) is 3.34. The number of carbonyl (C=O) groups is 2. The molecule has 6 heteroatoms. The van der Waals surface area contributed by atoms with E-state index in [9.17, 15) is 9.59 Å². The van der Waals surface area contributed by atoms with Crippen LogP contribution in [0.3, 0.4) is 0 Å². The molecule has 0 atom stereocenters. The quantitative estimate of drug-likeness (QED) is 0.542.